The third-order valence-corrected chi connectivity index (χ3v) is 11.5. The number of likely N-dealkylation sites (N-methyl/N-ethyl adjacent to an activating group) is 1. The van der Waals surface area contributed by atoms with Gasteiger partial charge in [0.2, 0.25) is 0 Å². The number of carbonyl (C=O) groups is 1. The minimum Gasteiger partial charge on any atom is -0.457 e. The summed E-state index contributed by atoms with van der Waals surface area (Å²) in [7, 11) is 1.66. The number of rotatable bonds is 45. The Labute approximate surface area is 359 Å². The van der Waals surface area contributed by atoms with Crippen LogP contribution >= 0.6 is 7.82 Å². The predicted octanol–water partition coefficient (Wildman–Crippen LogP) is 14.6. The molecule has 0 aromatic carbocycles. The van der Waals surface area contributed by atoms with Crippen LogP contribution in [0, 0.1) is 0 Å². The molecule has 9 heteroatoms. The molecule has 0 aliphatic rings. The fraction of sp³-hybridized carbons (Fsp3) is 0.857. The molecule has 0 bridgehead atoms. The van der Waals surface area contributed by atoms with Crippen molar-refractivity contribution >= 4 is 13.8 Å². The number of ether oxygens (including phenoxy) is 2. The zero-order valence-electron chi connectivity index (χ0n) is 38.8. The van der Waals surface area contributed by atoms with Crippen molar-refractivity contribution in [3.8, 4) is 0 Å². The predicted molar refractivity (Wildman–Crippen MR) is 247 cm³/mol. The molecule has 1 N–H and O–H groups in total. The maximum absolute atomic E-state index is 12.7. The van der Waals surface area contributed by atoms with Crippen molar-refractivity contribution in [2.24, 2.45) is 0 Å². The first-order chi connectivity index (χ1) is 28.1. The van der Waals surface area contributed by atoms with E-state index in [1.54, 1.807) is 0 Å². The highest BCUT2D eigenvalue weighted by molar-refractivity contribution is 7.47. The van der Waals surface area contributed by atoms with E-state index in [4.69, 9.17) is 18.5 Å². The fourth-order valence-corrected chi connectivity index (χ4v) is 7.49. The summed E-state index contributed by atoms with van der Waals surface area (Å²) < 4.78 is 35.1. The summed E-state index contributed by atoms with van der Waals surface area (Å²) in [5.41, 5.74) is 0. The van der Waals surface area contributed by atoms with Gasteiger partial charge in [-0.3, -0.25) is 13.8 Å². The second-order valence-electron chi connectivity index (χ2n) is 17.5. The molecule has 0 heterocycles. The molecule has 0 aliphatic carbocycles. The van der Waals surface area contributed by atoms with Crippen molar-refractivity contribution in [1.82, 2.24) is 0 Å². The van der Waals surface area contributed by atoms with Gasteiger partial charge < -0.3 is 18.9 Å². The summed E-state index contributed by atoms with van der Waals surface area (Å²) >= 11 is 0. The van der Waals surface area contributed by atoms with Crippen molar-refractivity contribution in [3.05, 3.63) is 36.5 Å². The number of esters is 1. The molecule has 8 nitrogen and oxygen atoms in total. The first-order valence-electron chi connectivity index (χ1n) is 24.2. The van der Waals surface area contributed by atoms with Gasteiger partial charge in [0.15, 0.2) is 0 Å². The van der Waals surface area contributed by atoms with E-state index >= 15 is 0 Å². The van der Waals surface area contributed by atoms with Gasteiger partial charge in [0.1, 0.15) is 19.3 Å². The average Bonchev–Trinajstić information content (AvgIpc) is 3.18. The minimum absolute atomic E-state index is 0.0859. The number of nitrogens with zero attached hydrogens (tertiary/aromatic N) is 1. The number of phosphoric acid groups is 1. The number of phosphoric ester groups is 1. The van der Waals surface area contributed by atoms with E-state index in [2.05, 4.69) is 50.3 Å². The number of quaternary nitrogens is 1. The molecule has 2 unspecified atom stereocenters. The molecule has 0 amide bonds. The van der Waals surface area contributed by atoms with Crippen LogP contribution in [0.3, 0.4) is 0 Å². The van der Waals surface area contributed by atoms with Crippen molar-refractivity contribution < 1.29 is 37.3 Å². The Hall–Kier alpha value is -1.28. The monoisotopic (exact) mass is 841 g/mol. The van der Waals surface area contributed by atoms with Gasteiger partial charge in [-0.05, 0) is 44.9 Å². The van der Waals surface area contributed by atoms with Crippen LogP contribution in [0.25, 0.3) is 0 Å². The Balaban J connectivity index is 4.14. The molecule has 0 spiro atoms. The third kappa shape index (κ3) is 45.8. The zero-order valence-corrected chi connectivity index (χ0v) is 39.7. The summed E-state index contributed by atoms with van der Waals surface area (Å²) in [6.07, 6.45) is 50.5. The summed E-state index contributed by atoms with van der Waals surface area (Å²) in [5, 5.41) is 0. The summed E-state index contributed by atoms with van der Waals surface area (Å²) in [6.45, 7) is 5.52. The molecule has 0 fully saturated rings. The van der Waals surface area contributed by atoms with Gasteiger partial charge in [-0.25, -0.2) is 4.57 Å². The number of unbranched alkanes of at least 4 members (excludes halogenated alkanes) is 25. The van der Waals surface area contributed by atoms with Gasteiger partial charge in [0, 0.05) is 13.0 Å². The van der Waals surface area contributed by atoms with Crippen molar-refractivity contribution in [2.75, 3.05) is 54.1 Å². The molecule has 0 aromatic heterocycles. The SMILES string of the molecule is CC/C=C\C/C=C\C/C=C\CCCCCCCC(=O)OC(COCCCCCCCCCCCCCCCCCCCCCCC)COP(=O)(O)OCC[N+](C)(C)C. The number of carbonyl (C=O) groups excluding carboxylic acids is 1. The molecule has 0 saturated heterocycles. The Bertz CT molecular complexity index is 1020. The smallest absolute Gasteiger partial charge is 0.457 e. The average molecular weight is 841 g/mol. The molecule has 342 valence electrons. The Morgan fingerprint density at radius 3 is 1.50 bits per heavy atom. The molecule has 0 aromatic rings. The maximum Gasteiger partial charge on any atom is 0.472 e. The number of allylic oxidation sites excluding steroid dienone is 6. The second-order valence-corrected chi connectivity index (χ2v) is 18.9. The van der Waals surface area contributed by atoms with Crippen molar-refractivity contribution in [2.45, 2.75) is 219 Å². The maximum atomic E-state index is 12.7. The van der Waals surface area contributed by atoms with Crippen LogP contribution in [0.2, 0.25) is 0 Å². The van der Waals surface area contributed by atoms with Gasteiger partial charge in [-0.15, -0.1) is 0 Å². The van der Waals surface area contributed by atoms with Crippen molar-refractivity contribution in [3.63, 3.8) is 0 Å². The van der Waals surface area contributed by atoms with Gasteiger partial charge >= 0.3 is 13.8 Å². The van der Waals surface area contributed by atoms with E-state index < -0.39 is 13.9 Å². The van der Waals surface area contributed by atoms with E-state index in [0.717, 1.165) is 70.6 Å². The highest BCUT2D eigenvalue weighted by Gasteiger charge is 2.26. The van der Waals surface area contributed by atoms with Crippen LogP contribution in [-0.2, 0) is 27.9 Å². The summed E-state index contributed by atoms with van der Waals surface area (Å²) in [6, 6.07) is 0. The Morgan fingerprint density at radius 1 is 0.552 bits per heavy atom. The normalized spacial score (nSPS) is 14.0. The zero-order chi connectivity index (χ0) is 42.7. The quantitative estimate of drug-likeness (QED) is 0.0215. The topological polar surface area (TPSA) is 91.3 Å². The Morgan fingerprint density at radius 2 is 1.00 bits per heavy atom. The summed E-state index contributed by atoms with van der Waals surface area (Å²) in [5.74, 6) is -0.328. The molecule has 0 aliphatic heterocycles. The highest BCUT2D eigenvalue weighted by atomic mass is 31.2. The molecule has 0 saturated carbocycles. The van der Waals surface area contributed by atoms with Crippen LogP contribution in [0.4, 0.5) is 0 Å². The first kappa shape index (κ1) is 56.7. The molecular formula is C49H95NO7P+. The van der Waals surface area contributed by atoms with Crippen LogP contribution in [-0.4, -0.2) is 75.6 Å². The molecule has 0 rings (SSSR count). The van der Waals surface area contributed by atoms with E-state index in [9.17, 15) is 14.3 Å². The van der Waals surface area contributed by atoms with Crippen molar-refractivity contribution in [1.29, 1.82) is 0 Å². The third-order valence-electron chi connectivity index (χ3n) is 10.5. The lowest BCUT2D eigenvalue weighted by atomic mass is 10.0. The van der Waals surface area contributed by atoms with Crippen LogP contribution in [0.1, 0.15) is 213 Å². The lowest BCUT2D eigenvalue weighted by Gasteiger charge is -2.24. The van der Waals surface area contributed by atoms with E-state index in [0.29, 0.717) is 24.1 Å². The lowest BCUT2D eigenvalue weighted by Crippen LogP contribution is -2.37. The van der Waals surface area contributed by atoms with Gasteiger partial charge in [0.05, 0.1) is 34.4 Å². The van der Waals surface area contributed by atoms with E-state index in [1.165, 1.54) is 122 Å². The summed E-state index contributed by atoms with van der Waals surface area (Å²) in [4.78, 5) is 22.9. The van der Waals surface area contributed by atoms with Crippen LogP contribution < -0.4 is 0 Å². The number of hydrogen-bond donors (Lipinski definition) is 1. The Kier molecular flexibility index (Phi) is 41.5. The number of hydrogen-bond acceptors (Lipinski definition) is 6. The molecule has 58 heavy (non-hydrogen) atoms. The molecular weight excluding hydrogens is 746 g/mol. The second kappa shape index (κ2) is 42.4. The molecule has 0 radical (unpaired) electrons. The van der Waals surface area contributed by atoms with Crippen LogP contribution in [0.15, 0.2) is 36.5 Å². The molecule has 2 atom stereocenters. The standard InChI is InChI=1S/C49H94NO7P/c1-6-8-10-12-14-16-18-20-22-23-24-25-26-27-29-31-33-35-37-39-41-44-54-46-48(47-56-58(52,53)55-45-43-50(3,4)5)57-49(51)42-40-38-36-34-32-30-28-21-19-17-15-13-11-9-7-2/h9,11,15,17,21,28,48H,6-8,10,12-14,16,18-20,22-27,29-47H2,1-5H3/p+1/b11-9-,17-15-,28-21-. The fourth-order valence-electron chi connectivity index (χ4n) is 6.74. The van der Waals surface area contributed by atoms with Gasteiger partial charge in [0.25, 0.3) is 0 Å². The van der Waals surface area contributed by atoms with Gasteiger partial charge in [-0.2, -0.15) is 0 Å². The lowest BCUT2D eigenvalue weighted by molar-refractivity contribution is -0.870. The largest absolute Gasteiger partial charge is 0.472 e. The van der Waals surface area contributed by atoms with Crippen LogP contribution in [0.5, 0.6) is 0 Å². The van der Waals surface area contributed by atoms with E-state index in [-0.39, 0.29) is 25.8 Å². The highest BCUT2D eigenvalue weighted by Crippen LogP contribution is 2.43. The minimum atomic E-state index is -4.28. The van der Waals surface area contributed by atoms with Gasteiger partial charge in [-0.1, -0.05) is 198 Å². The van der Waals surface area contributed by atoms with E-state index in [1.807, 2.05) is 21.1 Å². The first-order valence-corrected chi connectivity index (χ1v) is 25.7.